The zero-order valence-electron chi connectivity index (χ0n) is 12.3. The van der Waals surface area contributed by atoms with Gasteiger partial charge in [0.05, 0.1) is 0 Å². The lowest BCUT2D eigenvalue weighted by Gasteiger charge is -2.19. The molecule has 0 atom stereocenters. The Bertz CT molecular complexity index is 633. The Kier molecular flexibility index (Phi) is 4.14. The molecule has 0 amide bonds. The van der Waals surface area contributed by atoms with Crippen molar-refractivity contribution in [2.75, 3.05) is 0 Å². The lowest BCUT2D eigenvalue weighted by atomic mass is 9.86. The van der Waals surface area contributed by atoms with E-state index in [9.17, 15) is 4.79 Å². The molecule has 0 saturated carbocycles. The van der Waals surface area contributed by atoms with Crippen molar-refractivity contribution in [3.63, 3.8) is 0 Å². The smallest absolute Gasteiger partial charge is 0.193 e. The Hall–Kier alpha value is -1.41. The number of rotatable bonds is 2. The zero-order valence-corrected chi connectivity index (χ0v) is 13.9. The van der Waals surface area contributed by atoms with E-state index >= 15 is 0 Å². The standard InChI is InChI=1S/C18H19BrO/c1-12-5-10-15(19)11-16(12)17(20)13-6-8-14(9-7-13)18(2,3)4/h5-11H,1-4H3. The van der Waals surface area contributed by atoms with Crippen LogP contribution in [-0.4, -0.2) is 5.78 Å². The van der Waals surface area contributed by atoms with Gasteiger partial charge in [-0.3, -0.25) is 4.79 Å². The van der Waals surface area contributed by atoms with Gasteiger partial charge in [0.15, 0.2) is 5.78 Å². The summed E-state index contributed by atoms with van der Waals surface area (Å²) >= 11 is 3.42. The number of carbonyl (C=O) groups is 1. The van der Waals surface area contributed by atoms with Crippen molar-refractivity contribution in [1.82, 2.24) is 0 Å². The van der Waals surface area contributed by atoms with Crippen molar-refractivity contribution in [1.29, 1.82) is 0 Å². The summed E-state index contributed by atoms with van der Waals surface area (Å²) in [6.07, 6.45) is 0. The molecule has 2 aromatic rings. The van der Waals surface area contributed by atoms with Gasteiger partial charge in [-0.05, 0) is 35.6 Å². The van der Waals surface area contributed by atoms with E-state index in [2.05, 4.69) is 36.7 Å². The van der Waals surface area contributed by atoms with Gasteiger partial charge in [0.1, 0.15) is 0 Å². The minimum atomic E-state index is 0.0734. The highest BCUT2D eigenvalue weighted by Crippen LogP contribution is 2.24. The van der Waals surface area contributed by atoms with Gasteiger partial charge >= 0.3 is 0 Å². The zero-order chi connectivity index (χ0) is 14.9. The number of hydrogen-bond donors (Lipinski definition) is 0. The second-order valence-electron chi connectivity index (χ2n) is 6.12. The van der Waals surface area contributed by atoms with Crippen LogP contribution in [-0.2, 0) is 5.41 Å². The van der Waals surface area contributed by atoms with Gasteiger partial charge in [0.25, 0.3) is 0 Å². The summed E-state index contributed by atoms with van der Waals surface area (Å²) in [7, 11) is 0. The van der Waals surface area contributed by atoms with Crippen LogP contribution in [0.1, 0.15) is 47.8 Å². The minimum absolute atomic E-state index is 0.0734. The van der Waals surface area contributed by atoms with E-state index in [1.807, 2.05) is 49.4 Å². The lowest BCUT2D eigenvalue weighted by molar-refractivity contribution is 0.103. The molecule has 0 radical (unpaired) electrons. The molecular formula is C18H19BrO. The van der Waals surface area contributed by atoms with E-state index in [-0.39, 0.29) is 11.2 Å². The van der Waals surface area contributed by atoms with Crippen LogP contribution >= 0.6 is 15.9 Å². The molecule has 0 fully saturated rings. The Morgan fingerprint density at radius 3 is 2.15 bits per heavy atom. The van der Waals surface area contributed by atoms with Crippen LogP contribution in [0.15, 0.2) is 46.9 Å². The fourth-order valence-electron chi connectivity index (χ4n) is 2.12. The van der Waals surface area contributed by atoms with Crippen LogP contribution in [0.5, 0.6) is 0 Å². The molecule has 0 aliphatic heterocycles. The fourth-order valence-corrected chi connectivity index (χ4v) is 2.48. The topological polar surface area (TPSA) is 17.1 Å². The normalized spacial score (nSPS) is 11.4. The molecule has 0 N–H and O–H groups in total. The maximum Gasteiger partial charge on any atom is 0.193 e. The summed E-state index contributed by atoms with van der Waals surface area (Å²) in [4.78, 5) is 12.6. The third kappa shape index (κ3) is 3.18. The molecule has 0 heterocycles. The summed E-state index contributed by atoms with van der Waals surface area (Å²) in [5, 5.41) is 0. The van der Waals surface area contributed by atoms with Crippen molar-refractivity contribution in [2.45, 2.75) is 33.1 Å². The van der Waals surface area contributed by atoms with E-state index < -0.39 is 0 Å². The molecule has 0 aromatic heterocycles. The minimum Gasteiger partial charge on any atom is -0.289 e. The van der Waals surface area contributed by atoms with Gasteiger partial charge < -0.3 is 0 Å². The van der Waals surface area contributed by atoms with E-state index in [1.54, 1.807) is 0 Å². The molecule has 2 rings (SSSR count). The predicted octanol–water partition coefficient (Wildman–Crippen LogP) is 5.29. The number of hydrogen-bond acceptors (Lipinski definition) is 1. The summed E-state index contributed by atoms with van der Waals surface area (Å²) < 4.78 is 0.928. The molecule has 2 aromatic carbocycles. The average Bonchev–Trinajstić information content (AvgIpc) is 2.40. The van der Waals surface area contributed by atoms with Gasteiger partial charge in [-0.1, -0.05) is 67.0 Å². The molecule has 1 nitrogen and oxygen atoms in total. The predicted molar refractivity (Wildman–Crippen MR) is 87.5 cm³/mol. The van der Waals surface area contributed by atoms with Gasteiger partial charge in [0.2, 0.25) is 0 Å². The summed E-state index contributed by atoms with van der Waals surface area (Å²) in [5.41, 5.74) is 3.83. The van der Waals surface area contributed by atoms with Crippen LogP contribution in [0.3, 0.4) is 0 Å². The first kappa shape index (κ1) is 15.0. The maximum atomic E-state index is 12.6. The van der Waals surface area contributed by atoms with Gasteiger partial charge in [-0.2, -0.15) is 0 Å². The third-order valence-corrected chi connectivity index (χ3v) is 3.95. The van der Waals surface area contributed by atoms with Crippen molar-refractivity contribution >= 4 is 21.7 Å². The van der Waals surface area contributed by atoms with Crippen LogP contribution < -0.4 is 0 Å². The third-order valence-electron chi connectivity index (χ3n) is 3.46. The van der Waals surface area contributed by atoms with E-state index in [4.69, 9.17) is 0 Å². The number of carbonyl (C=O) groups excluding carboxylic acids is 1. The second-order valence-corrected chi connectivity index (χ2v) is 7.03. The molecule has 0 unspecified atom stereocenters. The van der Waals surface area contributed by atoms with Crippen LogP contribution in [0.2, 0.25) is 0 Å². The highest BCUT2D eigenvalue weighted by atomic mass is 79.9. The van der Waals surface area contributed by atoms with E-state index in [1.165, 1.54) is 5.56 Å². The quantitative estimate of drug-likeness (QED) is 0.684. The number of halogens is 1. The number of aryl methyl sites for hydroxylation is 1. The van der Waals surface area contributed by atoms with Crippen molar-refractivity contribution in [3.05, 3.63) is 69.2 Å². The summed E-state index contributed by atoms with van der Waals surface area (Å²) in [5.74, 6) is 0.0734. The first-order chi connectivity index (χ1) is 9.29. The van der Waals surface area contributed by atoms with E-state index in [0.717, 1.165) is 21.2 Å². The van der Waals surface area contributed by atoms with Crippen molar-refractivity contribution in [3.8, 4) is 0 Å². The molecule has 104 valence electrons. The maximum absolute atomic E-state index is 12.6. The molecular weight excluding hydrogens is 312 g/mol. The lowest BCUT2D eigenvalue weighted by Crippen LogP contribution is -2.11. The summed E-state index contributed by atoms with van der Waals surface area (Å²) in [6, 6.07) is 13.7. The Labute approximate surface area is 129 Å². The first-order valence-electron chi connectivity index (χ1n) is 6.70. The monoisotopic (exact) mass is 330 g/mol. The largest absolute Gasteiger partial charge is 0.289 e. The van der Waals surface area contributed by atoms with Crippen LogP contribution in [0, 0.1) is 6.92 Å². The highest BCUT2D eigenvalue weighted by Gasteiger charge is 2.16. The Balaban J connectivity index is 2.37. The number of benzene rings is 2. The molecule has 20 heavy (non-hydrogen) atoms. The molecule has 0 aliphatic carbocycles. The van der Waals surface area contributed by atoms with E-state index in [0.29, 0.717) is 0 Å². The number of ketones is 1. The molecule has 0 spiro atoms. The average molecular weight is 331 g/mol. The highest BCUT2D eigenvalue weighted by molar-refractivity contribution is 9.10. The molecule has 0 bridgehead atoms. The first-order valence-corrected chi connectivity index (χ1v) is 7.50. The Morgan fingerprint density at radius 1 is 1.00 bits per heavy atom. The molecule has 0 saturated heterocycles. The summed E-state index contributed by atoms with van der Waals surface area (Å²) in [6.45, 7) is 8.47. The van der Waals surface area contributed by atoms with Crippen LogP contribution in [0.4, 0.5) is 0 Å². The fraction of sp³-hybridized carbons (Fsp3) is 0.278. The molecule has 0 aliphatic rings. The van der Waals surface area contributed by atoms with Gasteiger partial charge in [0, 0.05) is 15.6 Å². The van der Waals surface area contributed by atoms with Gasteiger partial charge in [-0.25, -0.2) is 0 Å². The van der Waals surface area contributed by atoms with Crippen molar-refractivity contribution in [2.24, 2.45) is 0 Å². The van der Waals surface area contributed by atoms with Gasteiger partial charge in [-0.15, -0.1) is 0 Å². The second kappa shape index (κ2) is 5.53. The Morgan fingerprint density at radius 2 is 1.60 bits per heavy atom. The van der Waals surface area contributed by atoms with Crippen molar-refractivity contribution < 1.29 is 4.79 Å². The van der Waals surface area contributed by atoms with Crippen LogP contribution in [0.25, 0.3) is 0 Å². The molecule has 2 heteroatoms. The SMILES string of the molecule is Cc1ccc(Br)cc1C(=O)c1ccc(C(C)(C)C)cc1.